The maximum absolute atomic E-state index is 15.7. The van der Waals surface area contributed by atoms with Gasteiger partial charge in [-0.05, 0) is 104 Å². The van der Waals surface area contributed by atoms with E-state index < -0.39 is 19.7 Å². The molecule has 63 heavy (non-hydrogen) atoms. The van der Waals surface area contributed by atoms with Gasteiger partial charge in [-0.15, -0.1) is 5.10 Å². The molecule has 8 rings (SSSR count). The zero-order valence-corrected chi connectivity index (χ0v) is 38.0. The molecule has 1 saturated heterocycles. The third-order valence-electron chi connectivity index (χ3n) is 13.4. The smallest absolute Gasteiger partial charge is 0.264 e. The van der Waals surface area contributed by atoms with Gasteiger partial charge in [0, 0.05) is 49.5 Å². The highest BCUT2D eigenvalue weighted by Gasteiger charge is 2.66. The second-order valence-electron chi connectivity index (χ2n) is 17.5. The topological polar surface area (TPSA) is 152 Å². The zero-order chi connectivity index (χ0) is 44.3. The van der Waals surface area contributed by atoms with Gasteiger partial charge in [0.1, 0.15) is 11.5 Å². The number of benzene rings is 4. The Labute approximate surface area is 371 Å². The molecule has 2 amide bonds. The molecule has 3 aliphatic heterocycles. The highest BCUT2D eigenvalue weighted by atomic mass is 28.3. The first kappa shape index (κ1) is 44.2. The third kappa shape index (κ3) is 8.42. The number of rotatable bonds is 18. The molecule has 0 aliphatic carbocycles. The number of aryl methyl sites for hydroxylation is 1. The number of nitrogens with one attached hydrogen (secondary N) is 1. The monoisotopic (exact) mass is 872 g/mol. The first-order valence-electron chi connectivity index (χ1n) is 22.3. The van der Waals surface area contributed by atoms with Crippen LogP contribution in [0.5, 0.6) is 11.5 Å². The van der Waals surface area contributed by atoms with Gasteiger partial charge in [0.15, 0.2) is 5.60 Å². The Morgan fingerprint density at radius 2 is 1.70 bits per heavy atom. The van der Waals surface area contributed by atoms with Crippen molar-refractivity contribution in [1.29, 1.82) is 0 Å². The lowest BCUT2D eigenvalue weighted by atomic mass is 9.82. The van der Waals surface area contributed by atoms with Crippen LogP contribution in [0.15, 0.2) is 97.2 Å². The van der Waals surface area contributed by atoms with Crippen LogP contribution < -0.4 is 29.8 Å². The number of carbonyl (C=O) groups excluding carboxylic acids is 2. The first-order chi connectivity index (χ1) is 30.5. The average molecular weight is 873 g/mol. The van der Waals surface area contributed by atoms with Crippen LogP contribution in [-0.4, -0.2) is 90.7 Å². The van der Waals surface area contributed by atoms with Crippen LogP contribution in [0.4, 0.5) is 17.1 Å². The molecule has 3 aliphatic rings. The Hall–Kier alpha value is -5.38. The number of amides is 2. The number of aliphatic hydroxyl groups excluding tert-OH is 2. The van der Waals surface area contributed by atoms with Gasteiger partial charge in [-0.3, -0.25) is 19.2 Å². The SMILES string of the molecule is CCOc1ccc2c(c1)CC(NCCCCO)C(=O)N2c1ccc2c(c1)[C@@]1(O[C@H](CCn3cc(CCO)nn3)[C@@H]([Si](C)(C)c3ccc(OC)cc3)[C@@H]1C)C(=O)N2Cc1ccccc1. The molecule has 13 nitrogen and oxygen atoms in total. The van der Waals surface area contributed by atoms with Crippen molar-refractivity contribution in [1.82, 2.24) is 20.3 Å². The van der Waals surface area contributed by atoms with Crippen molar-refractivity contribution in [3.05, 3.63) is 120 Å². The van der Waals surface area contributed by atoms with Gasteiger partial charge in [0.25, 0.3) is 5.91 Å². The summed E-state index contributed by atoms with van der Waals surface area (Å²) in [4.78, 5) is 34.1. The molecule has 5 aromatic rings. The number of aromatic nitrogens is 3. The number of methoxy groups -OCH3 is 1. The molecule has 5 atom stereocenters. The Morgan fingerprint density at radius 1 is 0.937 bits per heavy atom. The van der Waals surface area contributed by atoms with Gasteiger partial charge >= 0.3 is 0 Å². The average Bonchev–Trinajstić information content (AvgIpc) is 3.94. The molecule has 1 fully saturated rings. The number of carbonyl (C=O) groups is 2. The minimum Gasteiger partial charge on any atom is -0.497 e. The first-order valence-corrected chi connectivity index (χ1v) is 25.4. The van der Waals surface area contributed by atoms with Crippen LogP contribution >= 0.6 is 0 Å². The highest BCUT2D eigenvalue weighted by molar-refractivity contribution is 6.91. The summed E-state index contributed by atoms with van der Waals surface area (Å²) in [6.45, 7) is 10.9. The van der Waals surface area contributed by atoms with Gasteiger partial charge < -0.3 is 34.6 Å². The summed E-state index contributed by atoms with van der Waals surface area (Å²) in [7, 11) is -0.799. The Bertz CT molecular complexity index is 2390. The van der Waals surface area contributed by atoms with Crippen molar-refractivity contribution in [3.8, 4) is 11.5 Å². The van der Waals surface area contributed by atoms with Crippen LogP contribution in [0.2, 0.25) is 18.6 Å². The fraction of sp³-hybridized carbons (Fsp3) is 0.429. The van der Waals surface area contributed by atoms with Crippen molar-refractivity contribution >= 4 is 42.1 Å². The molecule has 1 spiro atoms. The maximum atomic E-state index is 15.7. The van der Waals surface area contributed by atoms with Crippen LogP contribution in [0.1, 0.15) is 55.5 Å². The normalized spacial score (nSPS) is 21.9. The number of hydrogen-bond donors (Lipinski definition) is 3. The van der Waals surface area contributed by atoms with E-state index in [4.69, 9.17) is 14.2 Å². The summed E-state index contributed by atoms with van der Waals surface area (Å²) in [5, 5.41) is 32.4. The molecule has 0 bridgehead atoms. The lowest BCUT2D eigenvalue weighted by Crippen LogP contribution is -2.52. The molecule has 1 unspecified atom stereocenters. The fourth-order valence-corrected chi connectivity index (χ4v) is 14.4. The van der Waals surface area contributed by atoms with Gasteiger partial charge in [0.05, 0.1) is 57.5 Å². The fourth-order valence-electron chi connectivity index (χ4n) is 10.3. The summed E-state index contributed by atoms with van der Waals surface area (Å²) >= 11 is 0. The van der Waals surface area contributed by atoms with E-state index in [2.05, 4.69) is 47.8 Å². The number of unbranched alkanes of at least 4 members (excludes halogenated alkanes) is 1. The number of aliphatic hydroxyl groups is 2. The van der Waals surface area contributed by atoms with E-state index in [1.54, 1.807) is 16.7 Å². The van der Waals surface area contributed by atoms with E-state index in [1.807, 2.05) is 96.9 Å². The van der Waals surface area contributed by atoms with Gasteiger partial charge in [-0.1, -0.05) is 72.9 Å². The minimum atomic E-state index is -2.47. The molecule has 4 heterocycles. The van der Waals surface area contributed by atoms with Crippen molar-refractivity contribution in [2.24, 2.45) is 5.92 Å². The molecule has 332 valence electrons. The molecule has 3 N–H and O–H groups in total. The number of nitrogens with zero attached hydrogens (tertiary/aromatic N) is 5. The van der Waals surface area contributed by atoms with Gasteiger partial charge in [-0.2, -0.15) is 0 Å². The lowest BCUT2D eigenvalue weighted by molar-refractivity contribution is -0.146. The van der Waals surface area contributed by atoms with Crippen LogP contribution in [0, 0.1) is 5.92 Å². The zero-order valence-electron chi connectivity index (χ0n) is 37.0. The summed E-state index contributed by atoms with van der Waals surface area (Å²) in [6.07, 6.45) is 4.40. The largest absolute Gasteiger partial charge is 0.497 e. The molecule has 0 radical (unpaired) electrons. The van der Waals surface area contributed by atoms with E-state index in [1.165, 1.54) is 5.19 Å². The second kappa shape index (κ2) is 18.8. The molecular weight excluding hydrogens is 813 g/mol. The van der Waals surface area contributed by atoms with E-state index in [0.717, 1.165) is 46.0 Å². The van der Waals surface area contributed by atoms with Crippen LogP contribution in [0.25, 0.3) is 0 Å². The van der Waals surface area contributed by atoms with Crippen molar-refractivity contribution in [2.75, 3.05) is 43.3 Å². The number of anilines is 3. The molecular formula is C49H60N6O7Si. The Morgan fingerprint density at radius 3 is 2.43 bits per heavy atom. The van der Waals surface area contributed by atoms with Crippen molar-refractivity contribution in [2.45, 2.75) is 95.4 Å². The summed E-state index contributed by atoms with van der Waals surface area (Å²) < 4.78 is 20.8. The summed E-state index contributed by atoms with van der Waals surface area (Å²) in [5.74, 6) is 1.05. The van der Waals surface area contributed by atoms with Crippen molar-refractivity contribution in [3.63, 3.8) is 0 Å². The number of hydrogen-bond acceptors (Lipinski definition) is 10. The number of fused-ring (bicyclic) bond motifs is 3. The van der Waals surface area contributed by atoms with Crippen molar-refractivity contribution < 1.29 is 34.0 Å². The predicted octanol–water partition coefficient (Wildman–Crippen LogP) is 6.02. The lowest BCUT2D eigenvalue weighted by Gasteiger charge is -2.37. The van der Waals surface area contributed by atoms with Crippen LogP contribution in [0.3, 0.4) is 0 Å². The standard InChI is InChI=1S/C49H60N6O7Si/c1-6-61-39-17-21-43-35(28-39)29-42(50-24-10-11-26-56)47(58)55(43)37-14-20-44-41(30-37)49(48(59)54(44)31-34-12-8-7-9-13-34)33(2)46(63(4,5)40-18-15-38(60-3)16-19-40)45(62-49)22-25-53-32-36(23-27-57)51-52-53/h7-9,12-21,28,30,32-33,42,45-46,50,56-57H,6,10-11,22-27,29,31H2,1-5H3/t33-,42?,45+,46-,49+/m0/s1. The molecule has 1 aromatic heterocycles. The molecule has 14 heteroatoms. The summed E-state index contributed by atoms with van der Waals surface area (Å²) in [5.41, 5.74) is 4.25. The molecule has 4 aromatic carbocycles. The minimum absolute atomic E-state index is 0.0120. The second-order valence-corrected chi connectivity index (χ2v) is 22.2. The maximum Gasteiger partial charge on any atom is 0.264 e. The predicted molar refractivity (Wildman–Crippen MR) is 246 cm³/mol. The Balaban J connectivity index is 1.25. The highest BCUT2D eigenvalue weighted by Crippen LogP contribution is 2.61. The van der Waals surface area contributed by atoms with Gasteiger partial charge in [-0.25, -0.2) is 0 Å². The van der Waals surface area contributed by atoms with E-state index in [9.17, 15) is 15.0 Å². The Kier molecular flexibility index (Phi) is 13.2. The quantitative estimate of drug-likeness (QED) is 0.0704. The molecule has 0 saturated carbocycles. The van der Waals surface area contributed by atoms with E-state index >= 15 is 4.79 Å². The number of ether oxygens (including phenoxy) is 3. The third-order valence-corrected chi connectivity index (χ3v) is 17.7. The van der Waals surface area contributed by atoms with Crippen LogP contribution in [-0.2, 0) is 45.9 Å². The van der Waals surface area contributed by atoms with E-state index in [0.29, 0.717) is 63.3 Å². The van der Waals surface area contributed by atoms with E-state index in [-0.39, 0.29) is 42.6 Å². The summed E-state index contributed by atoms with van der Waals surface area (Å²) in [6, 6.07) is 29.7. The van der Waals surface area contributed by atoms with Gasteiger partial charge in [0.2, 0.25) is 5.91 Å².